The zero-order chi connectivity index (χ0) is 12.1. The summed E-state index contributed by atoms with van der Waals surface area (Å²) in [5.74, 6) is 0.697. The fourth-order valence-electron chi connectivity index (χ4n) is 2.44. The quantitative estimate of drug-likeness (QED) is 0.825. The molecule has 1 aliphatic heterocycles. The van der Waals surface area contributed by atoms with E-state index in [4.69, 9.17) is 9.15 Å². The molecule has 0 spiro atoms. The molecule has 1 aromatic rings. The van der Waals surface area contributed by atoms with Crippen LogP contribution in [0.4, 0.5) is 0 Å². The van der Waals surface area contributed by atoms with Gasteiger partial charge in [-0.05, 0) is 36.9 Å². The van der Waals surface area contributed by atoms with Crippen LogP contribution in [-0.4, -0.2) is 26.3 Å². The minimum absolute atomic E-state index is 0.263. The van der Waals surface area contributed by atoms with Crippen LogP contribution in [0.2, 0.25) is 0 Å². The Balaban J connectivity index is 1.90. The molecule has 17 heavy (non-hydrogen) atoms. The molecule has 0 aromatic carbocycles. The highest BCUT2D eigenvalue weighted by atomic mass is 16.5. The van der Waals surface area contributed by atoms with Gasteiger partial charge in [-0.2, -0.15) is 0 Å². The summed E-state index contributed by atoms with van der Waals surface area (Å²) in [7, 11) is 0. The normalized spacial score (nSPS) is 24.6. The van der Waals surface area contributed by atoms with E-state index in [9.17, 15) is 0 Å². The zero-order valence-corrected chi connectivity index (χ0v) is 10.9. The lowest BCUT2D eigenvalue weighted by atomic mass is 9.81. The van der Waals surface area contributed by atoms with Crippen molar-refractivity contribution in [1.29, 1.82) is 0 Å². The van der Waals surface area contributed by atoms with Crippen LogP contribution < -0.4 is 5.32 Å². The fourth-order valence-corrected chi connectivity index (χ4v) is 2.44. The van der Waals surface area contributed by atoms with E-state index >= 15 is 0 Å². The number of hydrogen-bond donors (Lipinski definition) is 1. The van der Waals surface area contributed by atoms with Gasteiger partial charge in [0.2, 0.25) is 0 Å². The summed E-state index contributed by atoms with van der Waals surface area (Å²) in [6, 6.07) is 2.06. The van der Waals surface area contributed by atoms with Crippen molar-refractivity contribution in [1.82, 2.24) is 5.32 Å². The van der Waals surface area contributed by atoms with E-state index in [1.165, 1.54) is 5.56 Å². The molecule has 96 valence electrons. The van der Waals surface area contributed by atoms with Crippen molar-refractivity contribution in [3.63, 3.8) is 0 Å². The lowest BCUT2D eigenvalue weighted by Gasteiger charge is -2.27. The molecule has 1 N–H and O–H groups in total. The maximum Gasteiger partial charge on any atom is 0.0934 e. The second-order valence-corrected chi connectivity index (χ2v) is 5.64. The first-order chi connectivity index (χ1) is 8.20. The van der Waals surface area contributed by atoms with Crippen molar-refractivity contribution in [3.05, 3.63) is 24.2 Å². The van der Waals surface area contributed by atoms with Crippen LogP contribution in [0.25, 0.3) is 0 Å². The fraction of sp³-hybridized carbons (Fsp3) is 0.714. The largest absolute Gasteiger partial charge is 0.472 e. The second-order valence-electron chi connectivity index (χ2n) is 5.64. The third-order valence-electron chi connectivity index (χ3n) is 3.40. The van der Waals surface area contributed by atoms with Crippen LogP contribution in [0, 0.1) is 11.3 Å². The summed E-state index contributed by atoms with van der Waals surface area (Å²) in [5, 5.41) is 3.57. The molecule has 0 amide bonds. The number of rotatable bonds is 6. The molecule has 3 nitrogen and oxygen atoms in total. The Hall–Kier alpha value is -0.800. The average Bonchev–Trinajstić information content (AvgIpc) is 2.90. The molecule has 3 heteroatoms. The number of ether oxygens (including phenoxy) is 1. The number of furan rings is 1. The Labute approximate surface area is 104 Å². The van der Waals surface area contributed by atoms with E-state index in [0.717, 1.165) is 39.1 Å². The topological polar surface area (TPSA) is 34.4 Å². The molecule has 1 atom stereocenters. The molecule has 1 aliphatic rings. The smallest absolute Gasteiger partial charge is 0.0934 e. The Morgan fingerprint density at radius 2 is 2.35 bits per heavy atom. The molecule has 1 fully saturated rings. The molecule has 0 radical (unpaired) electrons. The molecule has 2 heterocycles. The van der Waals surface area contributed by atoms with Crippen LogP contribution in [0.1, 0.15) is 25.8 Å². The summed E-state index contributed by atoms with van der Waals surface area (Å²) in [5.41, 5.74) is 1.54. The number of hydrogen-bond acceptors (Lipinski definition) is 3. The summed E-state index contributed by atoms with van der Waals surface area (Å²) in [4.78, 5) is 0. The minimum atomic E-state index is 0.263. The van der Waals surface area contributed by atoms with Crippen molar-refractivity contribution >= 4 is 0 Å². The van der Waals surface area contributed by atoms with Gasteiger partial charge < -0.3 is 14.5 Å². The predicted molar refractivity (Wildman–Crippen MR) is 68.0 cm³/mol. The summed E-state index contributed by atoms with van der Waals surface area (Å²) >= 11 is 0. The highest BCUT2D eigenvalue weighted by molar-refractivity contribution is 5.10. The zero-order valence-electron chi connectivity index (χ0n) is 10.9. The highest BCUT2D eigenvalue weighted by Crippen LogP contribution is 2.32. The van der Waals surface area contributed by atoms with Gasteiger partial charge in [-0.15, -0.1) is 0 Å². The van der Waals surface area contributed by atoms with Crippen LogP contribution in [0.15, 0.2) is 23.0 Å². The van der Waals surface area contributed by atoms with Crippen molar-refractivity contribution in [2.75, 3.05) is 26.3 Å². The standard InChI is InChI=1S/C14H23NO2/c1-12(2)8-15-10-14(4-6-17-11-14)7-13-3-5-16-9-13/h3,5,9,12,15H,4,6-8,10-11H2,1-2H3. The van der Waals surface area contributed by atoms with E-state index in [-0.39, 0.29) is 5.41 Å². The van der Waals surface area contributed by atoms with E-state index < -0.39 is 0 Å². The lowest BCUT2D eigenvalue weighted by Crippen LogP contribution is -2.38. The van der Waals surface area contributed by atoms with Gasteiger partial charge in [-0.3, -0.25) is 0 Å². The molecule has 1 aromatic heterocycles. The molecular formula is C14H23NO2. The number of nitrogens with one attached hydrogen (secondary N) is 1. The van der Waals surface area contributed by atoms with E-state index in [1.807, 2.05) is 6.26 Å². The minimum Gasteiger partial charge on any atom is -0.472 e. The van der Waals surface area contributed by atoms with Gasteiger partial charge in [0.25, 0.3) is 0 Å². The Morgan fingerprint density at radius 1 is 1.47 bits per heavy atom. The van der Waals surface area contributed by atoms with Gasteiger partial charge in [-0.1, -0.05) is 13.8 Å². The van der Waals surface area contributed by atoms with Crippen molar-refractivity contribution in [2.45, 2.75) is 26.7 Å². The van der Waals surface area contributed by atoms with E-state index in [1.54, 1.807) is 6.26 Å². The van der Waals surface area contributed by atoms with Gasteiger partial charge in [0, 0.05) is 18.6 Å². The van der Waals surface area contributed by atoms with Crippen molar-refractivity contribution < 1.29 is 9.15 Å². The van der Waals surface area contributed by atoms with Crippen molar-refractivity contribution in [3.8, 4) is 0 Å². The maximum absolute atomic E-state index is 5.60. The van der Waals surface area contributed by atoms with Gasteiger partial charge in [0.1, 0.15) is 0 Å². The monoisotopic (exact) mass is 237 g/mol. The Bertz CT molecular complexity index is 313. The second kappa shape index (κ2) is 5.69. The van der Waals surface area contributed by atoms with Gasteiger partial charge in [0.15, 0.2) is 0 Å². The lowest BCUT2D eigenvalue weighted by molar-refractivity contribution is 0.148. The molecule has 1 unspecified atom stereocenters. The van der Waals surface area contributed by atoms with Gasteiger partial charge in [-0.25, -0.2) is 0 Å². The maximum atomic E-state index is 5.60. The molecule has 0 bridgehead atoms. The van der Waals surface area contributed by atoms with Crippen LogP contribution in [0.3, 0.4) is 0 Å². The Morgan fingerprint density at radius 3 is 2.94 bits per heavy atom. The predicted octanol–water partition coefficient (Wildman–Crippen LogP) is 2.47. The molecule has 0 aliphatic carbocycles. The first-order valence-corrected chi connectivity index (χ1v) is 6.50. The van der Waals surface area contributed by atoms with Crippen LogP contribution in [0.5, 0.6) is 0 Å². The highest BCUT2D eigenvalue weighted by Gasteiger charge is 2.34. The first kappa shape index (κ1) is 12.7. The van der Waals surface area contributed by atoms with Crippen molar-refractivity contribution in [2.24, 2.45) is 11.3 Å². The van der Waals surface area contributed by atoms with Crippen LogP contribution in [-0.2, 0) is 11.2 Å². The summed E-state index contributed by atoms with van der Waals surface area (Å²) < 4.78 is 10.7. The molecule has 1 saturated heterocycles. The SMILES string of the molecule is CC(C)CNCC1(Cc2ccoc2)CCOC1. The average molecular weight is 237 g/mol. The summed E-state index contributed by atoms with van der Waals surface area (Å²) in [6.07, 6.45) is 5.79. The van der Waals surface area contributed by atoms with E-state index in [0.29, 0.717) is 5.92 Å². The first-order valence-electron chi connectivity index (χ1n) is 6.50. The molecule has 2 rings (SSSR count). The third-order valence-corrected chi connectivity index (χ3v) is 3.40. The third kappa shape index (κ3) is 3.58. The van der Waals surface area contributed by atoms with Gasteiger partial charge in [0.05, 0.1) is 19.1 Å². The summed E-state index contributed by atoms with van der Waals surface area (Å²) in [6.45, 7) is 8.34. The molecular weight excluding hydrogens is 214 g/mol. The molecule has 0 saturated carbocycles. The van der Waals surface area contributed by atoms with Crippen LogP contribution >= 0.6 is 0 Å². The Kier molecular flexibility index (Phi) is 4.24. The van der Waals surface area contributed by atoms with Gasteiger partial charge >= 0.3 is 0 Å². The van der Waals surface area contributed by atoms with E-state index in [2.05, 4.69) is 25.2 Å².